The summed E-state index contributed by atoms with van der Waals surface area (Å²) in [5.74, 6) is 2.90. The molecule has 0 spiro atoms. The Hall–Kier alpha value is -1.19. The van der Waals surface area contributed by atoms with E-state index in [0.717, 1.165) is 23.8 Å². The van der Waals surface area contributed by atoms with Gasteiger partial charge in [-0.3, -0.25) is 0 Å². The molecule has 1 heterocycles. The van der Waals surface area contributed by atoms with Gasteiger partial charge >= 0.3 is 0 Å². The van der Waals surface area contributed by atoms with Crippen LogP contribution in [-0.4, -0.2) is 7.05 Å². The first kappa shape index (κ1) is 11.3. The molecular weight excluding hydrogens is 218 g/mol. The molecule has 0 saturated heterocycles. The van der Waals surface area contributed by atoms with Crippen molar-refractivity contribution in [3.63, 3.8) is 0 Å². The van der Waals surface area contributed by atoms with Gasteiger partial charge in [-0.1, -0.05) is 18.2 Å². The minimum atomic E-state index is 0.788. The predicted octanol–water partition coefficient (Wildman–Crippen LogP) is 3.29. The Labute approximate surface area is 100 Å². The third-order valence-corrected chi connectivity index (χ3v) is 3.23. The molecule has 0 radical (unpaired) electrons. The van der Waals surface area contributed by atoms with Crippen LogP contribution < -0.4 is 5.32 Å². The summed E-state index contributed by atoms with van der Waals surface area (Å²) in [5.41, 5.74) is 0. The largest absolute Gasteiger partial charge is 0.464 e. The Kier molecular flexibility index (Phi) is 4.08. The molecule has 2 nitrogen and oxygen atoms in total. The lowest BCUT2D eigenvalue weighted by atomic mass is 10.4. The van der Waals surface area contributed by atoms with Crippen molar-refractivity contribution in [1.82, 2.24) is 5.32 Å². The van der Waals surface area contributed by atoms with Crippen LogP contribution in [0.15, 0.2) is 51.8 Å². The van der Waals surface area contributed by atoms with Gasteiger partial charge in [-0.05, 0) is 31.3 Å². The second kappa shape index (κ2) is 5.77. The molecule has 0 aliphatic heterocycles. The van der Waals surface area contributed by atoms with Crippen LogP contribution in [-0.2, 0) is 12.3 Å². The lowest BCUT2D eigenvalue weighted by Gasteiger charge is -1.98. The molecule has 1 aromatic heterocycles. The van der Waals surface area contributed by atoms with Crippen LogP contribution in [0.1, 0.15) is 11.5 Å². The minimum Gasteiger partial charge on any atom is -0.464 e. The van der Waals surface area contributed by atoms with Gasteiger partial charge in [-0.2, -0.15) is 0 Å². The second-order valence-electron chi connectivity index (χ2n) is 3.50. The van der Waals surface area contributed by atoms with E-state index in [9.17, 15) is 0 Å². The van der Waals surface area contributed by atoms with Gasteiger partial charge in [0.05, 0.1) is 12.3 Å². The molecule has 1 N–H and O–H groups in total. The highest BCUT2D eigenvalue weighted by Crippen LogP contribution is 2.23. The van der Waals surface area contributed by atoms with E-state index >= 15 is 0 Å². The van der Waals surface area contributed by atoms with Crippen molar-refractivity contribution in [1.29, 1.82) is 0 Å². The third kappa shape index (κ3) is 3.15. The summed E-state index contributed by atoms with van der Waals surface area (Å²) < 4.78 is 5.66. The van der Waals surface area contributed by atoms with Crippen LogP contribution in [0, 0.1) is 0 Å². The number of rotatable bonds is 5. The van der Waals surface area contributed by atoms with Gasteiger partial charge in [0.15, 0.2) is 0 Å². The molecule has 1 aromatic carbocycles. The van der Waals surface area contributed by atoms with Gasteiger partial charge in [0.2, 0.25) is 0 Å². The Morgan fingerprint density at radius 2 is 1.81 bits per heavy atom. The average molecular weight is 233 g/mol. The first-order chi connectivity index (χ1) is 7.88. The van der Waals surface area contributed by atoms with E-state index in [2.05, 4.69) is 29.6 Å². The second-order valence-corrected chi connectivity index (χ2v) is 4.55. The molecule has 0 bridgehead atoms. The quantitative estimate of drug-likeness (QED) is 0.802. The minimum absolute atomic E-state index is 0.788. The Balaban J connectivity index is 1.89. The fourth-order valence-electron chi connectivity index (χ4n) is 1.44. The van der Waals surface area contributed by atoms with Crippen molar-refractivity contribution in [2.75, 3.05) is 7.05 Å². The predicted molar refractivity (Wildman–Crippen MR) is 67.5 cm³/mol. The maximum Gasteiger partial charge on any atom is 0.117 e. The highest BCUT2D eigenvalue weighted by atomic mass is 32.2. The number of benzene rings is 1. The van der Waals surface area contributed by atoms with Crippen LogP contribution >= 0.6 is 11.8 Å². The molecule has 2 rings (SSSR count). The van der Waals surface area contributed by atoms with Gasteiger partial charge in [0, 0.05) is 4.90 Å². The molecule has 16 heavy (non-hydrogen) atoms. The van der Waals surface area contributed by atoms with Gasteiger partial charge in [0.25, 0.3) is 0 Å². The number of hydrogen-bond donors (Lipinski definition) is 1. The lowest BCUT2D eigenvalue weighted by molar-refractivity contribution is 0.469. The molecule has 3 heteroatoms. The summed E-state index contributed by atoms with van der Waals surface area (Å²) in [4.78, 5) is 1.27. The first-order valence-electron chi connectivity index (χ1n) is 5.28. The molecule has 0 aliphatic carbocycles. The monoisotopic (exact) mass is 233 g/mol. The molecule has 0 aliphatic rings. The molecule has 0 atom stereocenters. The summed E-state index contributed by atoms with van der Waals surface area (Å²) in [5, 5.41) is 3.07. The van der Waals surface area contributed by atoms with Gasteiger partial charge in [-0.25, -0.2) is 0 Å². The number of furan rings is 1. The zero-order valence-corrected chi connectivity index (χ0v) is 10.1. The highest BCUT2D eigenvalue weighted by Gasteiger charge is 2.01. The van der Waals surface area contributed by atoms with E-state index in [1.807, 2.05) is 25.2 Å². The zero-order valence-electron chi connectivity index (χ0n) is 9.27. The maximum atomic E-state index is 5.66. The van der Waals surface area contributed by atoms with Crippen LogP contribution in [0.4, 0.5) is 0 Å². The van der Waals surface area contributed by atoms with Crippen LogP contribution in [0.2, 0.25) is 0 Å². The van der Waals surface area contributed by atoms with E-state index < -0.39 is 0 Å². The number of nitrogens with one attached hydrogen (secondary N) is 1. The van der Waals surface area contributed by atoms with Crippen molar-refractivity contribution in [2.24, 2.45) is 0 Å². The molecule has 2 aromatic rings. The molecule has 0 amide bonds. The first-order valence-corrected chi connectivity index (χ1v) is 6.27. The lowest BCUT2D eigenvalue weighted by Crippen LogP contribution is -2.03. The fourth-order valence-corrected chi connectivity index (χ4v) is 2.25. The Morgan fingerprint density at radius 1 is 1.06 bits per heavy atom. The summed E-state index contributed by atoms with van der Waals surface area (Å²) in [6.07, 6.45) is 0. The Bertz CT molecular complexity index is 425. The van der Waals surface area contributed by atoms with Crippen LogP contribution in [0.25, 0.3) is 0 Å². The van der Waals surface area contributed by atoms with Crippen molar-refractivity contribution in [3.05, 3.63) is 54.0 Å². The van der Waals surface area contributed by atoms with Gasteiger partial charge < -0.3 is 9.73 Å². The molecule has 84 valence electrons. The van der Waals surface area contributed by atoms with E-state index in [0.29, 0.717) is 0 Å². The van der Waals surface area contributed by atoms with Gasteiger partial charge in [-0.15, -0.1) is 11.8 Å². The summed E-state index contributed by atoms with van der Waals surface area (Å²) >= 11 is 1.79. The van der Waals surface area contributed by atoms with Crippen LogP contribution in [0.3, 0.4) is 0 Å². The van der Waals surface area contributed by atoms with Crippen molar-refractivity contribution < 1.29 is 4.42 Å². The third-order valence-electron chi connectivity index (χ3n) is 2.19. The van der Waals surface area contributed by atoms with Gasteiger partial charge in [0.1, 0.15) is 11.5 Å². The average Bonchev–Trinajstić information content (AvgIpc) is 2.76. The van der Waals surface area contributed by atoms with E-state index in [1.54, 1.807) is 11.8 Å². The fraction of sp³-hybridized carbons (Fsp3) is 0.231. The van der Waals surface area contributed by atoms with E-state index in [-0.39, 0.29) is 0 Å². The summed E-state index contributed by atoms with van der Waals surface area (Å²) in [7, 11) is 1.92. The number of hydrogen-bond acceptors (Lipinski definition) is 3. The zero-order chi connectivity index (χ0) is 11.2. The summed E-state index contributed by atoms with van der Waals surface area (Å²) in [6, 6.07) is 14.4. The Morgan fingerprint density at radius 3 is 2.56 bits per heavy atom. The topological polar surface area (TPSA) is 25.2 Å². The highest BCUT2D eigenvalue weighted by molar-refractivity contribution is 7.98. The van der Waals surface area contributed by atoms with E-state index in [4.69, 9.17) is 4.42 Å². The normalized spacial score (nSPS) is 10.6. The molecular formula is C13H15NOS. The molecule has 0 saturated carbocycles. The van der Waals surface area contributed by atoms with Crippen molar-refractivity contribution >= 4 is 11.8 Å². The summed E-state index contributed by atoms with van der Waals surface area (Å²) in [6.45, 7) is 0.788. The molecule has 0 unspecified atom stereocenters. The number of thioether (sulfide) groups is 1. The van der Waals surface area contributed by atoms with Crippen molar-refractivity contribution in [3.8, 4) is 0 Å². The SMILES string of the molecule is CNCc1ccc(CSc2ccccc2)o1. The van der Waals surface area contributed by atoms with E-state index in [1.165, 1.54) is 4.90 Å². The molecule has 0 fully saturated rings. The maximum absolute atomic E-state index is 5.66. The standard InChI is InChI=1S/C13H15NOS/c1-14-9-11-7-8-12(15-11)10-16-13-5-3-2-4-6-13/h2-8,14H,9-10H2,1H3. The van der Waals surface area contributed by atoms with Crippen molar-refractivity contribution in [2.45, 2.75) is 17.2 Å². The van der Waals surface area contributed by atoms with Crippen LogP contribution in [0.5, 0.6) is 0 Å². The smallest absolute Gasteiger partial charge is 0.117 e.